The van der Waals surface area contributed by atoms with Gasteiger partial charge >= 0.3 is 0 Å². The molecule has 1 aromatic carbocycles. The zero-order chi connectivity index (χ0) is 17.4. The summed E-state index contributed by atoms with van der Waals surface area (Å²) in [6, 6.07) is 7.65. The van der Waals surface area contributed by atoms with Gasteiger partial charge in [0.25, 0.3) is 0 Å². The topological polar surface area (TPSA) is 77.2 Å². The van der Waals surface area contributed by atoms with Gasteiger partial charge in [0.15, 0.2) is 0 Å². The van der Waals surface area contributed by atoms with Crippen LogP contribution in [0.4, 0.5) is 0 Å². The van der Waals surface area contributed by atoms with E-state index in [4.69, 9.17) is 9.26 Å². The monoisotopic (exact) mass is 395 g/mol. The first kappa shape index (κ1) is 18.6. The Morgan fingerprint density at radius 2 is 2.08 bits per heavy atom. The molecule has 0 radical (unpaired) electrons. The van der Waals surface area contributed by atoms with E-state index in [9.17, 15) is 4.79 Å². The molecular formula is C17H22BrN3O3. The molecule has 7 heteroatoms. The second-order valence-electron chi connectivity index (χ2n) is 5.64. The normalized spacial score (nSPS) is 11.0. The lowest BCUT2D eigenvalue weighted by Gasteiger charge is -2.07. The largest absolute Gasteiger partial charge is 0.379 e. The number of amides is 1. The maximum Gasteiger partial charge on any atom is 0.227 e. The summed E-state index contributed by atoms with van der Waals surface area (Å²) in [4.78, 5) is 16.1. The molecule has 2 aromatic rings. The minimum atomic E-state index is -0.0251. The van der Waals surface area contributed by atoms with Crippen LogP contribution in [0, 0.1) is 0 Å². The van der Waals surface area contributed by atoms with Gasteiger partial charge in [0, 0.05) is 36.0 Å². The number of nitrogens with zero attached hydrogens (tertiary/aromatic N) is 2. The third-order valence-electron chi connectivity index (χ3n) is 3.23. The van der Waals surface area contributed by atoms with Crippen LogP contribution < -0.4 is 5.32 Å². The Hall–Kier alpha value is -1.73. The van der Waals surface area contributed by atoms with E-state index in [1.54, 1.807) is 0 Å². The molecule has 24 heavy (non-hydrogen) atoms. The van der Waals surface area contributed by atoms with Crippen LogP contribution in [0.5, 0.6) is 0 Å². The number of aryl methyl sites for hydroxylation is 1. The molecule has 0 saturated heterocycles. The van der Waals surface area contributed by atoms with Crippen LogP contribution in [-0.4, -0.2) is 35.3 Å². The highest BCUT2D eigenvalue weighted by molar-refractivity contribution is 9.10. The Morgan fingerprint density at radius 3 is 2.79 bits per heavy atom. The van der Waals surface area contributed by atoms with E-state index in [2.05, 4.69) is 31.4 Å². The molecule has 130 valence electrons. The predicted octanol–water partition coefficient (Wildman–Crippen LogP) is 3.36. The molecule has 0 aliphatic carbocycles. The first-order chi connectivity index (χ1) is 11.5. The molecule has 0 atom stereocenters. The number of hydrogen-bond donors (Lipinski definition) is 1. The molecule has 1 heterocycles. The number of ether oxygens (including phenoxy) is 1. The summed E-state index contributed by atoms with van der Waals surface area (Å²) in [5.41, 5.74) is 0.878. The Kier molecular flexibility index (Phi) is 7.39. The Balaban J connectivity index is 1.71. The fourth-order valence-electron chi connectivity index (χ4n) is 2.00. The van der Waals surface area contributed by atoms with E-state index in [0.29, 0.717) is 37.7 Å². The number of rotatable bonds is 9. The van der Waals surface area contributed by atoms with Crippen molar-refractivity contribution in [2.75, 3.05) is 13.2 Å². The molecule has 0 aliphatic heterocycles. The number of hydrogen-bond acceptors (Lipinski definition) is 5. The van der Waals surface area contributed by atoms with Gasteiger partial charge in [0.1, 0.15) is 0 Å². The molecule has 0 aliphatic rings. The van der Waals surface area contributed by atoms with Gasteiger partial charge in [-0.05, 0) is 44.5 Å². The second-order valence-corrected chi connectivity index (χ2v) is 6.56. The van der Waals surface area contributed by atoms with Crippen LogP contribution in [0.25, 0.3) is 11.4 Å². The van der Waals surface area contributed by atoms with Crippen molar-refractivity contribution in [2.45, 2.75) is 39.2 Å². The van der Waals surface area contributed by atoms with Gasteiger partial charge in [0.2, 0.25) is 17.6 Å². The lowest BCUT2D eigenvalue weighted by atomic mass is 10.2. The first-order valence-electron chi connectivity index (χ1n) is 8.01. The minimum absolute atomic E-state index is 0.0251. The first-order valence-corrected chi connectivity index (χ1v) is 8.80. The van der Waals surface area contributed by atoms with Gasteiger partial charge in [-0.15, -0.1) is 0 Å². The van der Waals surface area contributed by atoms with E-state index in [1.807, 2.05) is 38.1 Å². The van der Waals surface area contributed by atoms with Gasteiger partial charge in [-0.3, -0.25) is 4.79 Å². The van der Waals surface area contributed by atoms with Crippen LogP contribution in [0.1, 0.15) is 32.6 Å². The van der Waals surface area contributed by atoms with Gasteiger partial charge in [-0.25, -0.2) is 0 Å². The summed E-state index contributed by atoms with van der Waals surface area (Å²) in [6.07, 6.45) is 1.78. The standard InChI is InChI=1S/C17H22BrN3O3/c1-12(2)23-11-3-10-19-15(22)8-9-16-20-17(21-24-16)13-4-6-14(18)7-5-13/h4-7,12H,3,8-11H2,1-2H3,(H,19,22). The Bertz CT molecular complexity index is 641. The van der Waals surface area contributed by atoms with E-state index >= 15 is 0 Å². The quantitative estimate of drug-likeness (QED) is 0.658. The molecular weight excluding hydrogens is 374 g/mol. The number of aromatic nitrogens is 2. The number of nitrogens with one attached hydrogen (secondary N) is 1. The summed E-state index contributed by atoms with van der Waals surface area (Å²) < 4.78 is 11.6. The van der Waals surface area contributed by atoms with E-state index in [1.165, 1.54) is 0 Å². The lowest BCUT2D eigenvalue weighted by molar-refractivity contribution is -0.121. The molecule has 2 rings (SSSR count). The van der Waals surface area contributed by atoms with Crippen molar-refractivity contribution in [3.8, 4) is 11.4 Å². The molecule has 1 N–H and O–H groups in total. The highest BCUT2D eigenvalue weighted by Gasteiger charge is 2.10. The maximum absolute atomic E-state index is 11.8. The number of carbonyl (C=O) groups is 1. The van der Waals surface area contributed by atoms with Crippen molar-refractivity contribution in [1.82, 2.24) is 15.5 Å². The summed E-state index contributed by atoms with van der Waals surface area (Å²) in [5, 5.41) is 6.80. The highest BCUT2D eigenvalue weighted by Crippen LogP contribution is 2.19. The average molecular weight is 396 g/mol. The van der Waals surface area contributed by atoms with Crippen molar-refractivity contribution in [3.63, 3.8) is 0 Å². The van der Waals surface area contributed by atoms with Crippen molar-refractivity contribution in [1.29, 1.82) is 0 Å². The third-order valence-corrected chi connectivity index (χ3v) is 3.76. The summed E-state index contributed by atoms with van der Waals surface area (Å²) in [5.74, 6) is 0.970. The number of benzene rings is 1. The summed E-state index contributed by atoms with van der Waals surface area (Å²) in [7, 11) is 0. The lowest BCUT2D eigenvalue weighted by Crippen LogP contribution is -2.25. The van der Waals surface area contributed by atoms with E-state index < -0.39 is 0 Å². The summed E-state index contributed by atoms with van der Waals surface area (Å²) in [6.45, 7) is 5.24. The second kappa shape index (κ2) is 9.54. The zero-order valence-electron chi connectivity index (χ0n) is 13.9. The molecule has 0 fully saturated rings. The molecule has 0 saturated carbocycles. The van der Waals surface area contributed by atoms with Crippen molar-refractivity contribution < 1.29 is 14.1 Å². The molecule has 6 nitrogen and oxygen atoms in total. The third kappa shape index (κ3) is 6.41. The minimum Gasteiger partial charge on any atom is -0.379 e. The Morgan fingerprint density at radius 1 is 1.33 bits per heavy atom. The molecule has 0 spiro atoms. The zero-order valence-corrected chi connectivity index (χ0v) is 15.5. The molecule has 0 bridgehead atoms. The Labute approximate surface area is 150 Å². The van der Waals surface area contributed by atoms with E-state index in [-0.39, 0.29) is 12.0 Å². The SMILES string of the molecule is CC(C)OCCCNC(=O)CCc1nc(-c2ccc(Br)cc2)no1. The van der Waals surface area contributed by atoms with Crippen molar-refractivity contribution >= 4 is 21.8 Å². The fourth-order valence-corrected chi connectivity index (χ4v) is 2.26. The van der Waals surface area contributed by atoms with Crippen LogP contribution in [0.2, 0.25) is 0 Å². The van der Waals surface area contributed by atoms with Gasteiger partial charge in [0.05, 0.1) is 6.10 Å². The molecule has 1 amide bonds. The molecule has 0 unspecified atom stereocenters. The van der Waals surface area contributed by atoms with Crippen molar-refractivity contribution in [3.05, 3.63) is 34.6 Å². The predicted molar refractivity (Wildman–Crippen MR) is 94.5 cm³/mol. The van der Waals surface area contributed by atoms with Crippen LogP contribution in [-0.2, 0) is 16.0 Å². The van der Waals surface area contributed by atoms with E-state index in [0.717, 1.165) is 16.5 Å². The smallest absolute Gasteiger partial charge is 0.227 e. The average Bonchev–Trinajstić information content (AvgIpc) is 3.02. The van der Waals surface area contributed by atoms with Gasteiger partial charge in [-0.1, -0.05) is 21.1 Å². The van der Waals surface area contributed by atoms with Crippen LogP contribution in [0.3, 0.4) is 0 Å². The maximum atomic E-state index is 11.8. The molecule has 1 aromatic heterocycles. The van der Waals surface area contributed by atoms with Gasteiger partial charge < -0.3 is 14.6 Å². The van der Waals surface area contributed by atoms with Crippen LogP contribution >= 0.6 is 15.9 Å². The highest BCUT2D eigenvalue weighted by atomic mass is 79.9. The van der Waals surface area contributed by atoms with Gasteiger partial charge in [-0.2, -0.15) is 4.98 Å². The number of carbonyl (C=O) groups excluding carboxylic acids is 1. The van der Waals surface area contributed by atoms with Crippen molar-refractivity contribution in [2.24, 2.45) is 0 Å². The fraction of sp³-hybridized carbons (Fsp3) is 0.471. The summed E-state index contributed by atoms with van der Waals surface area (Å²) >= 11 is 3.38. The number of halogens is 1. The van der Waals surface area contributed by atoms with Crippen LogP contribution in [0.15, 0.2) is 33.3 Å².